The molecule has 0 heterocycles. The van der Waals surface area contributed by atoms with Crippen molar-refractivity contribution in [2.45, 2.75) is 31.8 Å². The molecule has 98 valence electrons. The van der Waals surface area contributed by atoms with Crippen LogP contribution >= 0.6 is 0 Å². The van der Waals surface area contributed by atoms with E-state index >= 15 is 0 Å². The quantitative estimate of drug-likeness (QED) is 0.687. The van der Waals surface area contributed by atoms with Gasteiger partial charge in [0, 0.05) is 0 Å². The summed E-state index contributed by atoms with van der Waals surface area (Å²) in [5.41, 5.74) is 6.70. The van der Waals surface area contributed by atoms with Gasteiger partial charge >= 0.3 is 5.97 Å². The summed E-state index contributed by atoms with van der Waals surface area (Å²) in [6, 6.07) is 7.76. The van der Waals surface area contributed by atoms with Crippen molar-refractivity contribution in [2.24, 2.45) is 5.73 Å². The molecule has 0 fully saturated rings. The summed E-state index contributed by atoms with van der Waals surface area (Å²) < 4.78 is 0. The molecule has 1 aromatic rings. The number of carbonyl (C=O) groups excluding carboxylic acids is 1. The topological polar surface area (TPSA) is 92.4 Å². The minimum atomic E-state index is -1.04. The first-order valence-corrected chi connectivity index (χ1v) is 5.87. The SMILES string of the molecule is CC[C@H](NC(=O)[C@@H](N)Cc1ccccc1)C(=O)O. The molecular formula is C13H18N2O3. The molecule has 0 unspecified atom stereocenters. The maximum absolute atomic E-state index is 11.7. The van der Waals surface area contributed by atoms with E-state index in [4.69, 9.17) is 10.8 Å². The van der Waals surface area contributed by atoms with E-state index in [0.29, 0.717) is 12.8 Å². The van der Waals surface area contributed by atoms with Gasteiger partial charge in [-0.3, -0.25) is 4.79 Å². The zero-order valence-electron chi connectivity index (χ0n) is 10.3. The number of aliphatic carboxylic acids is 1. The molecule has 0 aliphatic carbocycles. The van der Waals surface area contributed by atoms with E-state index in [9.17, 15) is 9.59 Å². The minimum absolute atomic E-state index is 0.332. The Kier molecular flexibility index (Phi) is 5.32. The maximum atomic E-state index is 11.7. The van der Waals surface area contributed by atoms with Crippen molar-refractivity contribution in [3.8, 4) is 0 Å². The van der Waals surface area contributed by atoms with Crippen LogP contribution in [0.3, 0.4) is 0 Å². The Morgan fingerprint density at radius 3 is 2.44 bits per heavy atom. The molecule has 0 aliphatic heterocycles. The van der Waals surface area contributed by atoms with Crippen LogP contribution in [-0.2, 0) is 16.0 Å². The molecule has 5 nitrogen and oxygen atoms in total. The van der Waals surface area contributed by atoms with Crippen molar-refractivity contribution >= 4 is 11.9 Å². The molecule has 5 heteroatoms. The van der Waals surface area contributed by atoms with Gasteiger partial charge in [0.2, 0.25) is 5.91 Å². The Morgan fingerprint density at radius 1 is 1.33 bits per heavy atom. The highest BCUT2D eigenvalue weighted by Crippen LogP contribution is 2.02. The average molecular weight is 250 g/mol. The van der Waals surface area contributed by atoms with Crippen LogP contribution in [0.5, 0.6) is 0 Å². The molecule has 0 aromatic heterocycles. The number of carboxylic acid groups (broad SMARTS) is 1. The van der Waals surface area contributed by atoms with Crippen LogP contribution in [-0.4, -0.2) is 29.1 Å². The highest BCUT2D eigenvalue weighted by Gasteiger charge is 2.21. The Hall–Kier alpha value is -1.88. The van der Waals surface area contributed by atoms with Gasteiger partial charge in [-0.2, -0.15) is 0 Å². The Bertz CT molecular complexity index is 406. The molecule has 0 bridgehead atoms. The van der Waals surface area contributed by atoms with Crippen LogP contribution in [0.1, 0.15) is 18.9 Å². The van der Waals surface area contributed by atoms with E-state index in [1.807, 2.05) is 30.3 Å². The Labute approximate surface area is 106 Å². The third-order valence-electron chi connectivity index (χ3n) is 2.66. The molecule has 0 saturated carbocycles. The van der Waals surface area contributed by atoms with Crippen LogP contribution in [0.2, 0.25) is 0 Å². The predicted octanol–water partition coefficient (Wildman–Crippen LogP) is 0.536. The van der Waals surface area contributed by atoms with Crippen molar-refractivity contribution in [1.82, 2.24) is 5.32 Å². The number of hydrogen-bond acceptors (Lipinski definition) is 3. The lowest BCUT2D eigenvalue weighted by molar-refractivity contribution is -0.142. The smallest absolute Gasteiger partial charge is 0.326 e. The van der Waals surface area contributed by atoms with Gasteiger partial charge < -0.3 is 16.2 Å². The van der Waals surface area contributed by atoms with Gasteiger partial charge in [0.1, 0.15) is 6.04 Å². The largest absolute Gasteiger partial charge is 0.480 e. The van der Waals surface area contributed by atoms with Crippen molar-refractivity contribution < 1.29 is 14.7 Å². The van der Waals surface area contributed by atoms with E-state index in [0.717, 1.165) is 5.56 Å². The lowest BCUT2D eigenvalue weighted by Crippen LogP contribution is -2.48. The predicted molar refractivity (Wildman–Crippen MR) is 68.0 cm³/mol. The number of hydrogen-bond donors (Lipinski definition) is 3. The standard InChI is InChI=1S/C13H18N2O3/c1-2-11(13(17)18)15-12(16)10(14)8-9-6-4-3-5-7-9/h3-7,10-11H,2,8,14H2,1H3,(H,15,16)(H,17,18)/t10-,11-/m0/s1. The van der Waals surface area contributed by atoms with Crippen molar-refractivity contribution in [2.75, 3.05) is 0 Å². The lowest BCUT2D eigenvalue weighted by atomic mass is 10.1. The van der Waals surface area contributed by atoms with Crippen molar-refractivity contribution in [3.05, 3.63) is 35.9 Å². The van der Waals surface area contributed by atoms with Gasteiger partial charge in [-0.25, -0.2) is 4.79 Å². The molecule has 0 aliphatic rings. The number of nitrogens with one attached hydrogen (secondary N) is 1. The van der Waals surface area contributed by atoms with Gasteiger partial charge in [0.05, 0.1) is 6.04 Å². The third-order valence-corrected chi connectivity index (χ3v) is 2.66. The highest BCUT2D eigenvalue weighted by atomic mass is 16.4. The molecule has 0 radical (unpaired) electrons. The highest BCUT2D eigenvalue weighted by molar-refractivity contribution is 5.86. The van der Waals surface area contributed by atoms with E-state index in [2.05, 4.69) is 5.32 Å². The minimum Gasteiger partial charge on any atom is -0.480 e. The summed E-state index contributed by atoms with van der Waals surface area (Å²) >= 11 is 0. The number of nitrogens with two attached hydrogens (primary N) is 1. The second kappa shape index (κ2) is 6.76. The van der Waals surface area contributed by atoms with Gasteiger partial charge in [0.25, 0.3) is 0 Å². The molecule has 0 spiro atoms. The van der Waals surface area contributed by atoms with E-state index < -0.39 is 24.0 Å². The van der Waals surface area contributed by atoms with E-state index in [-0.39, 0.29) is 0 Å². The van der Waals surface area contributed by atoms with Gasteiger partial charge in [-0.05, 0) is 18.4 Å². The van der Waals surface area contributed by atoms with Gasteiger partial charge in [-0.15, -0.1) is 0 Å². The average Bonchev–Trinajstić information content (AvgIpc) is 2.36. The maximum Gasteiger partial charge on any atom is 0.326 e. The molecule has 1 aromatic carbocycles. The summed E-state index contributed by atoms with van der Waals surface area (Å²) in [5, 5.41) is 11.3. The fourth-order valence-electron chi connectivity index (χ4n) is 1.58. The third kappa shape index (κ3) is 4.18. The summed E-state index contributed by atoms with van der Waals surface area (Å²) in [6.07, 6.45) is 0.724. The summed E-state index contributed by atoms with van der Waals surface area (Å²) in [7, 11) is 0. The molecule has 0 saturated heterocycles. The van der Waals surface area contributed by atoms with E-state index in [1.54, 1.807) is 6.92 Å². The van der Waals surface area contributed by atoms with Crippen LogP contribution < -0.4 is 11.1 Å². The second-order valence-corrected chi connectivity index (χ2v) is 4.10. The molecule has 18 heavy (non-hydrogen) atoms. The van der Waals surface area contributed by atoms with Crippen molar-refractivity contribution in [1.29, 1.82) is 0 Å². The summed E-state index contributed by atoms with van der Waals surface area (Å²) in [5.74, 6) is -1.48. The van der Waals surface area contributed by atoms with Crippen LogP contribution in [0.4, 0.5) is 0 Å². The van der Waals surface area contributed by atoms with Gasteiger partial charge in [-0.1, -0.05) is 37.3 Å². The van der Waals surface area contributed by atoms with Crippen LogP contribution in [0, 0.1) is 0 Å². The molecular weight excluding hydrogens is 232 g/mol. The summed E-state index contributed by atoms with van der Waals surface area (Å²) in [6.45, 7) is 1.70. The number of benzene rings is 1. The van der Waals surface area contributed by atoms with E-state index in [1.165, 1.54) is 0 Å². The molecule has 1 rings (SSSR count). The first kappa shape index (κ1) is 14.2. The fourth-order valence-corrected chi connectivity index (χ4v) is 1.58. The van der Waals surface area contributed by atoms with Gasteiger partial charge in [0.15, 0.2) is 0 Å². The fraction of sp³-hybridized carbons (Fsp3) is 0.385. The first-order chi connectivity index (χ1) is 8.54. The first-order valence-electron chi connectivity index (χ1n) is 5.87. The summed E-state index contributed by atoms with van der Waals surface area (Å²) in [4.78, 5) is 22.5. The monoisotopic (exact) mass is 250 g/mol. The number of carbonyl (C=O) groups is 2. The zero-order chi connectivity index (χ0) is 13.5. The molecule has 1 amide bonds. The second-order valence-electron chi connectivity index (χ2n) is 4.10. The number of carboxylic acids is 1. The Balaban J connectivity index is 2.54. The normalized spacial score (nSPS) is 13.7. The Morgan fingerprint density at radius 2 is 1.94 bits per heavy atom. The lowest BCUT2D eigenvalue weighted by Gasteiger charge is -2.16. The van der Waals surface area contributed by atoms with Crippen LogP contribution in [0.25, 0.3) is 0 Å². The van der Waals surface area contributed by atoms with Crippen molar-refractivity contribution in [3.63, 3.8) is 0 Å². The zero-order valence-corrected chi connectivity index (χ0v) is 10.3. The molecule has 4 N–H and O–H groups in total. The van der Waals surface area contributed by atoms with Crippen LogP contribution in [0.15, 0.2) is 30.3 Å². The molecule has 2 atom stereocenters. The number of amides is 1. The number of rotatable bonds is 6.